The van der Waals surface area contributed by atoms with Gasteiger partial charge in [-0.15, -0.1) is 11.3 Å². The van der Waals surface area contributed by atoms with Crippen LogP contribution in [0.2, 0.25) is 0 Å². The second kappa shape index (κ2) is 8.38. The molecule has 1 amide bonds. The monoisotopic (exact) mass is 423 g/mol. The predicted molar refractivity (Wildman–Crippen MR) is 103 cm³/mol. The molecule has 1 aromatic carbocycles. The Hall–Kier alpha value is -2.30. The number of carboxylic acid groups (broad SMARTS) is 1. The lowest BCUT2D eigenvalue weighted by Crippen LogP contribution is -2.51. The highest BCUT2D eigenvalue weighted by Crippen LogP contribution is 2.26. The van der Waals surface area contributed by atoms with Gasteiger partial charge in [0.2, 0.25) is 15.9 Å². The number of aryl methyl sites for hydroxylation is 1. The minimum atomic E-state index is -3.84. The first-order valence-corrected chi connectivity index (χ1v) is 11.1. The summed E-state index contributed by atoms with van der Waals surface area (Å²) in [5, 5.41) is 14.2. The van der Waals surface area contributed by atoms with Crippen LogP contribution < -0.4 is 5.32 Å². The molecule has 28 heavy (non-hydrogen) atoms. The average Bonchev–Trinajstić information content (AvgIpc) is 3.33. The molecule has 0 aliphatic carbocycles. The zero-order chi connectivity index (χ0) is 20.3. The number of hydrogen-bond donors (Lipinski definition) is 2. The van der Waals surface area contributed by atoms with Gasteiger partial charge in [0.05, 0.1) is 9.90 Å². The molecule has 1 aliphatic heterocycles. The summed E-state index contributed by atoms with van der Waals surface area (Å²) >= 11 is 1.30. The number of carboxylic acids is 1. The van der Waals surface area contributed by atoms with E-state index in [1.807, 2.05) is 6.92 Å². The number of carbonyl (C=O) groups is 2. The van der Waals surface area contributed by atoms with Gasteiger partial charge in [0.1, 0.15) is 12.1 Å². The maximum absolute atomic E-state index is 13.0. The molecule has 2 atom stereocenters. The highest BCUT2D eigenvalue weighted by atomic mass is 32.2. The van der Waals surface area contributed by atoms with Crippen molar-refractivity contribution in [2.75, 3.05) is 6.54 Å². The smallest absolute Gasteiger partial charge is 0.326 e. The van der Waals surface area contributed by atoms with Crippen molar-refractivity contribution in [3.8, 4) is 0 Å². The van der Waals surface area contributed by atoms with E-state index in [4.69, 9.17) is 0 Å². The third-order valence-electron chi connectivity index (χ3n) is 4.61. The van der Waals surface area contributed by atoms with Gasteiger partial charge in [0.15, 0.2) is 0 Å². The Bertz CT molecular complexity index is 942. The minimum absolute atomic E-state index is 0.0518. The lowest BCUT2D eigenvalue weighted by Gasteiger charge is -2.25. The summed E-state index contributed by atoms with van der Waals surface area (Å²) in [5.74, 6) is -1.79. The second-order valence-corrected chi connectivity index (χ2v) is 9.49. The van der Waals surface area contributed by atoms with Crippen LogP contribution in [0.15, 0.2) is 40.7 Å². The van der Waals surface area contributed by atoms with Crippen molar-refractivity contribution in [3.63, 3.8) is 0 Å². The topological polar surface area (TPSA) is 117 Å². The van der Waals surface area contributed by atoms with E-state index in [9.17, 15) is 23.1 Å². The van der Waals surface area contributed by atoms with Crippen molar-refractivity contribution in [3.05, 3.63) is 46.4 Å². The number of hydrogen-bond acceptors (Lipinski definition) is 6. The summed E-state index contributed by atoms with van der Waals surface area (Å²) in [7, 11) is -3.84. The fourth-order valence-corrected chi connectivity index (χ4v) is 5.45. The molecule has 1 saturated heterocycles. The van der Waals surface area contributed by atoms with Crippen molar-refractivity contribution in [1.29, 1.82) is 0 Å². The van der Waals surface area contributed by atoms with E-state index in [2.05, 4.69) is 10.3 Å². The minimum Gasteiger partial charge on any atom is -0.480 e. The number of carbonyl (C=O) groups excluding carboxylic acids is 1. The molecular weight excluding hydrogens is 402 g/mol. The molecule has 1 aliphatic rings. The molecule has 2 aromatic rings. The molecule has 0 unspecified atom stereocenters. The number of aliphatic carboxylic acids is 1. The largest absolute Gasteiger partial charge is 0.480 e. The average molecular weight is 424 g/mol. The third-order valence-corrected chi connectivity index (χ3v) is 7.34. The first-order chi connectivity index (χ1) is 13.3. The van der Waals surface area contributed by atoms with E-state index in [-0.39, 0.29) is 17.9 Å². The first-order valence-electron chi connectivity index (χ1n) is 8.79. The Morgan fingerprint density at radius 3 is 2.68 bits per heavy atom. The van der Waals surface area contributed by atoms with Crippen molar-refractivity contribution in [2.24, 2.45) is 0 Å². The molecule has 150 valence electrons. The molecule has 2 heterocycles. The van der Waals surface area contributed by atoms with E-state index in [1.54, 1.807) is 23.7 Å². The van der Waals surface area contributed by atoms with Gasteiger partial charge in [-0.3, -0.25) is 4.79 Å². The molecule has 0 radical (unpaired) electrons. The van der Waals surface area contributed by atoms with E-state index in [0.29, 0.717) is 17.8 Å². The lowest BCUT2D eigenvalue weighted by molar-refractivity contribution is -0.142. The Labute approximate surface area is 167 Å². The Kier molecular flexibility index (Phi) is 6.11. The van der Waals surface area contributed by atoms with Gasteiger partial charge >= 0.3 is 5.97 Å². The van der Waals surface area contributed by atoms with Gasteiger partial charge in [-0.1, -0.05) is 17.7 Å². The van der Waals surface area contributed by atoms with Crippen LogP contribution in [0.5, 0.6) is 0 Å². The Morgan fingerprint density at radius 2 is 2.07 bits per heavy atom. The van der Waals surface area contributed by atoms with E-state index >= 15 is 0 Å². The van der Waals surface area contributed by atoms with Crippen LogP contribution in [-0.2, 0) is 26.0 Å². The van der Waals surface area contributed by atoms with E-state index in [0.717, 1.165) is 9.87 Å². The van der Waals surface area contributed by atoms with Crippen LogP contribution in [-0.4, -0.2) is 53.3 Å². The van der Waals surface area contributed by atoms with Crippen LogP contribution in [0, 0.1) is 6.92 Å². The van der Waals surface area contributed by atoms with Crippen LogP contribution in [0.3, 0.4) is 0 Å². The Morgan fingerprint density at radius 1 is 1.36 bits per heavy atom. The molecule has 8 nitrogen and oxygen atoms in total. The van der Waals surface area contributed by atoms with Gasteiger partial charge in [0, 0.05) is 24.5 Å². The van der Waals surface area contributed by atoms with Crippen LogP contribution in [0.25, 0.3) is 0 Å². The van der Waals surface area contributed by atoms with Gasteiger partial charge in [0.25, 0.3) is 0 Å². The number of nitrogens with zero attached hydrogens (tertiary/aromatic N) is 2. The predicted octanol–water partition coefficient (Wildman–Crippen LogP) is 1.42. The molecule has 10 heteroatoms. The molecular formula is C18H21N3O5S2. The van der Waals surface area contributed by atoms with Crippen LogP contribution >= 0.6 is 11.3 Å². The van der Waals surface area contributed by atoms with E-state index < -0.39 is 34.0 Å². The summed E-state index contributed by atoms with van der Waals surface area (Å²) < 4.78 is 27.1. The number of sulfonamides is 1. The van der Waals surface area contributed by atoms with Crippen LogP contribution in [0.4, 0.5) is 0 Å². The highest BCUT2D eigenvalue weighted by molar-refractivity contribution is 7.89. The molecule has 2 N–H and O–H groups in total. The zero-order valence-electron chi connectivity index (χ0n) is 15.2. The fourth-order valence-electron chi connectivity index (χ4n) is 3.13. The summed E-state index contributed by atoms with van der Waals surface area (Å²) in [6.45, 7) is 2.08. The van der Waals surface area contributed by atoms with Crippen LogP contribution in [0.1, 0.15) is 23.4 Å². The summed E-state index contributed by atoms with van der Waals surface area (Å²) in [5.41, 5.74) is 0.932. The standard InChI is InChI=1S/C18H21N3O5S2/c1-12-4-6-13(7-5-12)28(25,26)21-9-2-3-15(21)17(22)20-14(18(23)24)11-16-19-8-10-27-16/h4-8,10,14-15H,2-3,9,11H2,1H3,(H,20,22)(H,23,24)/t14-,15-/m0/s1. The number of amides is 1. The van der Waals surface area contributed by atoms with Crippen molar-refractivity contribution in [1.82, 2.24) is 14.6 Å². The summed E-state index contributed by atoms with van der Waals surface area (Å²) in [4.78, 5) is 28.4. The lowest BCUT2D eigenvalue weighted by atomic mass is 10.1. The molecule has 1 aromatic heterocycles. The van der Waals surface area contributed by atoms with Crippen molar-refractivity contribution >= 4 is 33.2 Å². The molecule has 0 saturated carbocycles. The SMILES string of the molecule is Cc1ccc(S(=O)(=O)N2CCC[C@H]2C(=O)N[C@@H](Cc2nccs2)C(=O)O)cc1. The van der Waals surface area contributed by atoms with Gasteiger partial charge in [-0.05, 0) is 31.9 Å². The molecule has 1 fully saturated rings. The fraction of sp³-hybridized carbons (Fsp3) is 0.389. The number of nitrogens with one attached hydrogen (secondary N) is 1. The summed E-state index contributed by atoms with van der Waals surface area (Å²) in [6.07, 6.45) is 2.50. The summed E-state index contributed by atoms with van der Waals surface area (Å²) in [6, 6.07) is 4.34. The normalized spacial score (nSPS) is 18.7. The zero-order valence-corrected chi connectivity index (χ0v) is 16.9. The maximum Gasteiger partial charge on any atom is 0.326 e. The second-order valence-electron chi connectivity index (χ2n) is 6.62. The highest BCUT2D eigenvalue weighted by Gasteiger charge is 2.40. The van der Waals surface area contributed by atoms with Gasteiger partial charge in [-0.25, -0.2) is 18.2 Å². The Balaban J connectivity index is 1.76. The quantitative estimate of drug-likeness (QED) is 0.696. The molecule has 3 rings (SSSR count). The van der Waals surface area contributed by atoms with Gasteiger partial charge < -0.3 is 10.4 Å². The number of benzene rings is 1. The first kappa shape index (κ1) is 20.4. The maximum atomic E-state index is 13.0. The number of aromatic nitrogens is 1. The molecule has 0 bridgehead atoms. The van der Waals surface area contributed by atoms with Crippen molar-refractivity contribution in [2.45, 2.75) is 43.2 Å². The van der Waals surface area contributed by atoms with Crippen molar-refractivity contribution < 1.29 is 23.1 Å². The van der Waals surface area contributed by atoms with E-state index in [1.165, 1.54) is 23.5 Å². The third kappa shape index (κ3) is 4.40. The number of rotatable bonds is 7. The van der Waals surface area contributed by atoms with Gasteiger partial charge in [-0.2, -0.15) is 4.31 Å². The molecule has 0 spiro atoms. The number of thiazole rings is 1.